The van der Waals surface area contributed by atoms with Crippen LogP contribution in [-0.4, -0.2) is 47.0 Å². The van der Waals surface area contributed by atoms with E-state index in [1.165, 1.54) is 0 Å². The van der Waals surface area contributed by atoms with Gasteiger partial charge in [0.2, 0.25) is 5.54 Å². The summed E-state index contributed by atoms with van der Waals surface area (Å²) in [5.74, 6) is -0.569. The van der Waals surface area contributed by atoms with Crippen LogP contribution in [0.4, 0.5) is 4.79 Å². The smallest absolute Gasteiger partial charge is 0.409 e. The third kappa shape index (κ3) is 9.33. The number of esters is 1. The van der Waals surface area contributed by atoms with Gasteiger partial charge in [-0.05, 0) is 90.6 Å². The Hall–Kier alpha value is -3.75. The van der Waals surface area contributed by atoms with Crippen molar-refractivity contribution in [3.8, 4) is 17.2 Å². The fraction of sp³-hybridized carbons (Fsp3) is 0.464. The number of amides is 1. The average Bonchev–Trinajstić information content (AvgIpc) is 2.78. The molecule has 37 heavy (non-hydrogen) atoms. The molecular weight excluding hydrogens is 478 g/mol. The van der Waals surface area contributed by atoms with Crippen molar-refractivity contribution in [1.82, 2.24) is 5.32 Å². The molecular formula is C28H37NO8. The molecule has 0 aliphatic carbocycles. The summed E-state index contributed by atoms with van der Waals surface area (Å²) < 4.78 is 21.8. The molecule has 1 atom stereocenters. The molecule has 1 unspecified atom stereocenters. The molecule has 2 aromatic carbocycles. The van der Waals surface area contributed by atoms with Crippen molar-refractivity contribution in [2.45, 2.75) is 78.0 Å². The van der Waals surface area contributed by atoms with E-state index in [0.717, 1.165) is 5.56 Å². The highest BCUT2D eigenvalue weighted by atomic mass is 16.6. The van der Waals surface area contributed by atoms with Crippen LogP contribution in [0.1, 0.15) is 59.9 Å². The maximum Gasteiger partial charge on any atom is 0.409 e. The van der Waals surface area contributed by atoms with Crippen molar-refractivity contribution < 1.29 is 38.4 Å². The molecule has 202 valence electrons. The van der Waals surface area contributed by atoms with Gasteiger partial charge >= 0.3 is 18.0 Å². The van der Waals surface area contributed by atoms with Gasteiger partial charge in [0.25, 0.3) is 0 Å². The molecule has 0 saturated carbocycles. The van der Waals surface area contributed by atoms with Gasteiger partial charge < -0.3 is 24.1 Å². The van der Waals surface area contributed by atoms with Gasteiger partial charge in [0.05, 0.1) is 12.7 Å². The normalized spacial score (nSPS) is 12.8. The predicted molar refractivity (Wildman–Crippen MR) is 138 cm³/mol. The standard InChI is InChI=1S/C28H37NO8/c1-7-34-25(32)28(24(30)31,29-26(33)37-27(4,5)6)17-9-10-20-13-15-21(16-14-20)36-23-12-8-11-22(18-23)35-19(2)3/h8,11-16,18-19H,7,9-10,17H2,1-6H3,(H,29,33)(H,30,31). The number of aliphatic carboxylic acids is 1. The van der Waals surface area contributed by atoms with Gasteiger partial charge in [0, 0.05) is 6.07 Å². The Kier molecular flexibility index (Phi) is 10.3. The van der Waals surface area contributed by atoms with E-state index in [9.17, 15) is 19.5 Å². The zero-order valence-corrected chi connectivity index (χ0v) is 22.3. The maximum absolute atomic E-state index is 12.7. The molecule has 2 rings (SSSR count). The Morgan fingerprint density at radius 3 is 2.19 bits per heavy atom. The van der Waals surface area contributed by atoms with Crippen molar-refractivity contribution in [3.63, 3.8) is 0 Å². The zero-order valence-electron chi connectivity index (χ0n) is 22.3. The monoisotopic (exact) mass is 515 g/mol. The van der Waals surface area contributed by atoms with Crippen LogP contribution in [0.5, 0.6) is 17.2 Å². The maximum atomic E-state index is 12.7. The molecule has 0 bridgehead atoms. The summed E-state index contributed by atoms with van der Waals surface area (Å²) in [6.07, 6.45) is -0.385. The zero-order chi connectivity index (χ0) is 27.6. The van der Waals surface area contributed by atoms with E-state index in [1.807, 2.05) is 50.2 Å². The lowest BCUT2D eigenvalue weighted by atomic mass is 9.91. The molecule has 0 radical (unpaired) electrons. The molecule has 0 fully saturated rings. The van der Waals surface area contributed by atoms with Crippen molar-refractivity contribution in [2.24, 2.45) is 0 Å². The number of carboxylic acids is 1. The minimum absolute atomic E-state index is 0.0299. The van der Waals surface area contributed by atoms with Crippen LogP contribution in [0.15, 0.2) is 48.5 Å². The second-order valence-corrected chi connectivity index (χ2v) is 9.80. The van der Waals surface area contributed by atoms with E-state index in [1.54, 1.807) is 39.8 Å². The number of ether oxygens (including phenoxy) is 4. The van der Waals surface area contributed by atoms with Gasteiger partial charge in [-0.2, -0.15) is 0 Å². The fourth-order valence-corrected chi connectivity index (χ4v) is 3.50. The highest BCUT2D eigenvalue weighted by Gasteiger charge is 2.49. The summed E-state index contributed by atoms with van der Waals surface area (Å²) in [7, 11) is 0. The first-order chi connectivity index (χ1) is 17.3. The third-order valence-corrected chi connectivity index (χ3v) is 5.06. The Balaban J connectivity index is 2.07. The molecule has 0 aromatic heterocycles. The summed E-state index contributed by atoms with van der Waals surface area (Å²) in [6.45, 7) is 10.4. The molecule has 0 heterocycles. The van der Waals surface area contributed by atoms with Crippen LogP contribution in [0.2, 0.25) is 0 Å². The number of alkyl carbamates (subject to hydrolysis) is 1. The number of benzene rings is 2. The quantitative estimate of drug-likeness (QED) is 0.281. The third-order valence-electron chi connectivity index (χ3n) is 5.06. The Morgan fingerprint density at radius 2 is 1.62 bits per heavy atom. The van der Waals surface area contributed by atoms with Crippen LogP contribution in [-0.2, 0) is 25.5 Å². The van der Waals surface area contributed by atoms with E-state index in [2.05, 4.69) is 5.32 Å². The van der Waals surface area contributed by atoms with E-state index in [-0.39, 0.29) is 25.6 Å². The van der Waals surface area contributed by atoms with Crippen LogP contribution < -0.4 is 14.8 Å². The number of hydrogen-bond acceptors (Lipinski definition) is 7. The number of carbonyl (C=O) groups excluding carboxylic acids is 2. The number of hydrogen-bond donors (Lipinski definition) is 2. The molecule has 0 aliphatic heterocycles. The lowest BCUT2D eigenvalue weighted by Gasteiger charge is -2.29. The van der Waals surface area contributed by atoms with Gasteiger partial charge in [-0.3, -0.25) is 5.32 Å². The summed E-state index contributed by atoms with van der Waals surface area (Å²) in [4.78, 5) is 37.2. The van der Waals surface area contributed by atoms with Gasteiger partial charge in [-0.1, -0.05) is 18.2 Å². The SMILES string of the molecule is CCOC(=O)C(CCCc1ccc(Oc2cccc(OC(C)C)c2)cc1)(NC(=O)OC(C)(C)C)C(=O)O. The van der Waals surface area contributed by atoms with Crippen LogP contribution >= 0.6 is 0 Å². The Bertz CT molecular complexity index is 1060. The number of carbonyl (C=O) groups is 3. The number of rotatable bonds is 12. The van der Waals surface area contributed by atoms with E-state index in [0.29, 0.717) is 23.7 Å². The first-order valence-corrected chi connectivity index (χ1v) is 12.3. The van der Waals surface area contributed by atoms with Gasteiger partial charge in [0.1, 0.15) is 22.8 Å². The van der Waals surface area contributed by atoms with Crippen molar-refractivity contribution in [1.29, 1.82) is 0 Å². The fourth-order valence-electron chi connectivity index (χ4n) is 3.50. The lowest BCUT2D eigenvalue weighted by molar-refractivity contribution is -0.163. The average molecular weight is 516 g/mol. The highest BCUT2D eigenvalue weighted by Crippen LogP contribution is 2.27. The predicted octanol–water partition coefficient (Wildman–Crippen LogP) is 5.50. The molecule has 9 nitrogen and oxygen atoms in total. The van der Waals surface area contributed by atoms with Crippen LogP contribution in [0.25, 0.3) is 0 Å². The second kappa shape index (κ2) is 13.0. The Morgan fingerprint density at radius 1 is 0.973 bits per heavy atom. The van der Waals surface area contributed by atoms with E-state index < -0.39 is 29.2 Å². The molecule has 1 amide bonds. The number of aryl methyl sites for hydroxylation is 1. The van der Waals surface area contributed by atoms with Gasteiger partial charge in [-0.15, -0.1) is 0 Å². The Labute approximate surface area is 218 Å². The number of nitrogens with one attached hydrogen (secondary N) is 1. The van der Waals surface area contributed by atoms with Gasteiger partial charge in [-0.25, -0.2) is 14.4 Å². The first-order valence-electron chi connectivity index (χ1n) is 12.3. The van der Waals surface area contributed by atoms with E-state index in [4.69, 9.17) is 18.9 Å². The second-order valence-electron chi connectivity index (χ2n) is 9.80. The summed E-state index contributed by atoms with van der Waals surface area (Å²) >= 11 is 0. The minimum Gasteiger partial charge on any atom is -0.491 e. The molecule has 0 saturated heterocycles. The van der Waals surface area contributed by atoms with E-state index >= 15 is 0 Å². The van der Waals surface area contributed by atoms with Crippen molar-refractivity contribution >= 4 is 18.0 Å². The van der Waals surface area contributed by atoms with Gasteiger partial charge in [0.15, 0.2) is 0 Å². The largest absolute Gasteiger partial charge is 0.491 e. The summed E-state index contributed by atoms with van der Waals surface area (Å²) in [6, 6.07) is 14.7. The van der Waals surface area contributed by atoms with Crippen molar-refractivity contribution in [3.05, 3.63) is 54.1 Å². The van der Waals surface area contributed by atoms with Crippen molar-refractivity contribution in [2.75, 3.05) is 6.61 Å². The molecule has 2 aromatic rings. The topological polar surface area (TPSA) is 120 Å². The van der Waals surface area contributed by atoms with Crippen LogP contribution in [0.3, 0.4) is 0 Å². The minimum atomic E-state index is -2.26. The molecule has 9 heteroatoms. The lowest BCUT2D eigenvalue weighted by Crippen LogP contribution is -2.61. The summed E-state index contributed by atoms with van der Waals surface area (Å²) in [5, 5.41) is 12.2. The first kappa shape index (κ1) is 29.5. The van der Waals surface area contributed by atoms with Crippen LogP contribution in [0, 0.1) is 0 Å². The highest BCUT2D eigenvalue weighted by molar-refractivity contribution is 6.06. The number of carboxylic acid groups (broad SMARTS) is 1. The molecule has 0 aliphatic rings. The summed E-state index contributed by atoms with van der Waals surface area (Å²) in [5.41, 5.74) is -2.22. The molecule has 2 N–H and O–H groups in total. The molecule has 0 spiro atoms.